The van der Waals surface area contributed by atoms with Gasteiger partial charge in [0.15, 0.2) is 0 Å². The number of amides is 2. The highest BCUT2D eigenvalue weighted by atomic mass is 32.2. The summed E-state index contributed by atoms with van der Waals surface area (Å²) in [6.07, 6.45) is 2.63. The molecule has 8 nitrogen and oxygen atoms in total. The molecule has 0 fully saturated rings. The first kappa shape index (κ1) is 31.7. The molecule has 0 unspecified atom stereocenters. The minimum atomic E-state index is -3.64. The number of benzene rings is 3. The number of rotatable bonds is 16. The summed E-state index contributed by atoms with van der Waals surface area (Å²) >= 11 is 0. The lowest BCUT2D eigenvalue weighted by Gasteiger charge is -2.32. The van der Waals surface area contributed by atoms with Crippen molar-refractivity contribution < 1.29 is 22.7 Å². The van der Waals surface area contributed by atoms with Crippen LogP contribution >= 0.6 is 0 Å². The topological polar surface area (TPSA) is 96.0 Å². The molecule has 0 radical (unpaired) electrons. The second kappa shape index (κ2) is 15.8. The molecule has 1 N–H and O–H groups in total. The van der Waals surface area contributed by atoms with Gasteiger partial charge in [-0.3, -0.25) is 13.9 Å². The minimum Gasteiger partial charge on any atom is -0.492 e. The Bertz CT molecular complexity index is 1350. The van der Waals surface area contributed by atoms with E-state index in [9.17, 15) is 18.0 Å². The zero-order valence-electron chi connectivity index (χ0n) is 24.2. The monoisotopic (exact) mass is 579 g/mol. The predicted molar refractivity (Wildman–Crippen MR) is 163 cm³/mol. The van der Waals surface area contributed by atoms with Crippen LogP contribution in [0.15, 0.2) is 84.9 Å². The van der Waals surface area contributed by atoms with Crippen molar-refractivity contribution in [2.24, 2.45) is 0 Å². The van der Waals surface area contributed by atoms with E-state index in [1.165, 1.54) is 4.31 Å². The number of nitrogens with one attached hydrogen (secondary N) is 1. The summed E-state index contributed by atoms with van der Waals surface area (Å²) in [5.41, 5.74) is 2.29. The third kappa shape index (κ3) is 9.63. The average molecular weight is 580 g/mol. The molecule has 0 aliphatic heterocycles. The van der Waals surface area contributed by atoms with Gasteiger partial charge in [0, 0.05) is 32.5 Å². The normalized spacial score (nSPS) is 11.9. The number of hydrogen-bond donors (Lipinski definition) is 1. The molecule has 3 aromatic rings. The molecule has 0 aromatic heterocycles. The first-order valence-electron chi connectivity index (χ1n) is 14.1. The molecule has 0 saturated carbocycles. The van der Waals surface area contributed by atoms with Gasteiger partial charge >= 0.3 is 0 Å². The lowest BCUT2D eigenvalue weighted by atomic mass is 10.0. The van der Waals surface area contributed by atoms with Crippen LogP contribution in [0, 0.1) is 0 Å². The second-order valence-corrected chi connectivity index (χ2v) is 11.8. The van der Waals surface area contributed by atoms with Gasteiger partial charge in [-0.15, -0.1) is 0 Å². The summed E-state index contributed by atoms with van der Waals surface area (Å²) in [6.45, 7) is 5.09. The smallest absolute Gasteiger partial charge is 0.243 e. The van der Waals surface area contributed by atoms with Crippen LogP contribution in [0.25, 0.3) is 0 Å². The van der Waals surface area contributed by atoms with E-state index >= 15 is 0 Å². The summed E-state index contributed by atoms with van der Waals surface area (Å²) in [7, 11) is -3.64. The van der Waals surface area contributed by atoms with Crippen LogP contribution in [0.2, 0.25) is 0 Å². The number of carbonyl (C=O) groups is 2. The van der Waals surface area contributed by atoms with Gasteiger partial charge in [-0.05, 0) is 43.0 Å². The van der Waals surface area contributed by atoms with Crippen molar-refractivity contribution in [3.63, 3.8) is 0 Å². The molecule has 41 heavy (non-hydrogen) atoms. The molecular weight excluding hydrogens is 538 g/mol. The predicted octanol–water partition coefficient (Wildman–Crippen LogP) is 4.80. The Labute approximate surface area is 244 Å². The van der Waals surface area contributed by atoms with E-state index in [1.54, 1.807) is 29.2 Å². The number of hydrogen-bond acceptors (Lipinski definition) is 5. The van der Waals surface area contributed by atoms with Gasteiger partial charge in [0.1, 0.15) is 11.8 Å². The maximum absolute atomic E-state index is 13.8. The highest BCUT2D eigenvalue weighted by Crippen LogP contribution is 2.30. The zero-order chi connectivity index (χ0) is 29.7. The van der Waals surface area contributed by atoms with E-state index < -0.39 is 16.1 Å². The molecule has 2 amide bonds. The summed E-state index contributed by atoms with van der Waals surface area (Å²) < 4.78 is 32.5. The van der Waals surface area contributed by atoms with Gasteiger partial charge in [-0.1, -0.05) is 79.7 Å². The number of nitrogens with zero attached hydrogens (tertiary/aromatic N) is 2. The van der Waals surface area contributed by atoms with Gasteiger partial charge in [0.2, 0.25) is 21.8 Å². The Kier molecular flexibility index (Phi) is 12.2. The maximum atomic E-state index is 13.8. The van der Waals surface area contributed by atoms with E-state index in [2.05, 4.69) is 5.32 Å². The van der Waals surface area contributed by atoms with Crippen LogP contribution in [0.4, 0.5) is 5.69 Å². The van der Waals surface area contributed by atoms with Crippen molar-refractivity contribution in [3.05, 3.63) is 96.1 Å². The second-order valence-electron chi connectivity index (χ2n) is 9.84. The van der Waals surface area contributed by atoms with E-state index in [1.807, 2.05) is 74.5 Å². The molecule has 9 heteroatoms. The van der Waals surface area contributed by atoms with Gasteiger partial charge in [-0.2, -0.15) is 0 Å². The third-order valence-corrected chi connectivity index (χ3v) is 7.78. The van der Waals surface area contributed by atoms with Gasteiger partial charge < -0.3 is 15.0 Å². The molecule has 0 heterocycles. The molecule has 3 aromatic carbocycles. The van der Waals surface area contributed by atoms with E-state index in [0.29, 0.717) is 31.0 Å². The number of sulfonamides is 1. The molecule has 0 aliphatic rings. The number of para-hydroxylation sites is 2. The molecule has 0 aliphatic carbocycles. The molecule has 0 bridgehead atoms. The average Bonchev–Trinajstić information content (AvgIpc) is 2.97. The largest absolute Gasteiger partial charge is 0.492 e. The number of anilines is 1. The third-order valence-electron chi connectivity index (χ3n) is 6.60. The van der Waals surface area contributed by atoms with Gasteiger partial charge in [0.25, 0.3) is 0 Å². The maximum Gasteiger partial charge on any atom is 0.243 e. The molecule has 1 atom stereocenters. The standard InChI is InChI=1S/C32H41N3O5S/c1-4-22-33-32(37)29(24-26-15-8-6-9-16-26)34(25-27-17-10-7-11-18-27)31(36)21-14-23-35(41(3,38)39)28-19-12-13-20-30(28)40-5-2/h6-13,15-20,29H,4-5,14,21-25H2,1-3H3,(H,33,37)/t29-/m0/s1. The van der Waals surface area contributed by atoms with Crippen molar-refractivity contribution in [2.45, 2.75) is 52.1 Å². The van der Waals surface area contributed by atoms with Crippen LogP contribution in [0.1, 0.15) is 44.2 Å². The lowest BCUT2D eigenvalue weighted by molar-refractivity contribution is -0.141. The molecule has 3 rings (SSSR count). The Balaban J connectivity index is 1.86. The lowest BCUT2D eigenvalue weighted by Crippen LogP contribution is -2.50. The summed E-state index contributed by atoms with van der Waals surface area (Å²) in [4.78, 5) is 28.9. The summed E-state index contributed by atoms with van der Waals surface area (Å²) in [6, 6.07) is 25.5. The molecule has 0 spiro atoms. The molecule has 220 valence electrons. The van der Waals surface area contributed by atoms with Gasteiger partial charge in [0.05, 0.1) is 18.6 Å². The van der Waals surface area contributed by atoms with E-state index in [0.717, 1.165) is 23.8 Å². The van der Waals surface area contributed by atoms with Crippen LogP contribution < -0.4 is 14.4 Å². The van der Waals surface area contributed by atoms with Crippen molar-refractivity contribution >= 4 is 27.5 Å². The zero-order valence-corrected chi connectivity index (χ0v) is 25.0. The molecule has 0 saturated heterocycles. The fourth-order valence-electron chi connectivity index (χ4n) is 4.62. The highest BCUT2D eigenvalue weighted by Gasteiger charge is 2.30. The van der Waals surface area contributed by atoms with Crippen molar-refractivity contribution in [1.82, 2.24) is 10.2 Å². The Hall–Kier alpha value is -3.85. The fraction of sp³-hybridized carbons (Fsp3) is 0.375. The van der Waals surface area contributed by atoms with Crippen LogP contribution in [-0.2, 0) is 32.6 Å². The quantitative estimate of drug-likeness (QED) is 0.263. The number of ether oxygens (including phenoxy) is 1. The minimum absolute atomic E-state index is 0.0714. The van der Waals surface area contributed by atoms with Crippen molar-refractivity contribution in [1.29, 1.82) is 0 Å². The van der Waals surface area contributed by atoms with E-state index in [-0.39, 0.29) is 37.7 Å². The first-order chi connectivity index (χ1) is 19.7. The fourth-order valence-corrected chi connectivity index (χ4v) is 5.59. The van der Waals surface area contributed by atoms with Crippen LogP contribution in [0.5, 0.6) is 5.75 Å². The van der Waals surface area contributed by atoms with Crippen LogP contribution in [0.3, 0.4) is 0 Å². The Morgan fingerprint density at radius 1 is 0.878 bits per heavy atom. The first-order valence-corrected chi connectivity index (χ1v) is 15.9. The Morgan fingerprint density at radius 3 is 2.10 bits per heavy atom. The highest BCUT2D eigenvalue weighted by molar-refractivity contribution is 7.92. The Morgan fingerprint density at radius 2 is 1.49 bits per heavy atom. The van der Waals surface area contributed by atoms with Gasteiger partial charge in [-0.25, -0.2) is 8.42 Å². The van der Waals surface area contributed by atoms with E-state index in [4.69, 9.17) is 4.74 Å². The SMILES string of the molecule is CCCNC(=O)[C@H](Cc1ccccc1)N(Cc1ccccc1)C(=O)CCCN(c1ccccc1OCC)S(C)(=O)=O. The molecular formula is C32H41N3O5S. The number of carbonyl (C=O) groups excluding carboxylic acids is 2. The summed E-state index contributed by atoms with van der Waals surface area (Å²) in [5, 5.41) is 2.97. The van der Waals surface area contributed by atoms with Crippen molar-refractivity contribution in [2.75, 3.05) is 30.3 Å². The van der Waals surface area contributed by atoms with Crippen molar-refractivity contribution in [3.8, 4) is 5.75 Å². The summed E-state index contributed by atoms with van der Waals surface area (Å²) in [5.74, 6) is 0.0457. The van der Waals surface area contributed by atoms with Crippen LogP contribution in [-0.4, -0.2) is 57.1 Å².